The Labute approximate surface area is 166 Å². The second-order valence-electron chi connectivity index (χ2n) is 6.54. The third-order valence-electron chi connectivity index (χ3n) is 4.65. The van der Waals surface area contributed by atoms with Crippen LogP contribution in [-0.4, -0.2) is 30.7 Å². The average molecular weight is 379 g/mol. The summed E-state index contributed by atoms with van der Waals surface area (Å²) in [5.41, 5.74) is 7.53. The summed E-state index contributed by atoms with van der Waals surface area (Å²) < 4.78 is 2.00. The van der Waals surface area contributed by atoms with Gasteiger partial charge in [-0.1, -0.05) is 48.5 Å². The molecule has 1 N–H and O–H groups in total. The van der Waals surface area contributed by atoms with Crippen molar-refractivity contribution >= 4 is 34.1 Å². The van der Waals surface area contributed by atoms with Gasteiger partial charge in [0.25, 0.3) is 0 Å². The molecule has 0 aliphatic carbocycles. The van der Waals surface area contributed by atoms with Crippen molar-refractivity contribution in [3.63, 3.8) is 0 Å². The van der Waals surface area contributed by atoms with Crippen LogP contribution in [0.2, 0.25) is 0 Å². The molecule has 0 amide bonds. The number of para-hydroxylation sites is 1. The van der Waals surface area contributed by atoms with Crippen molar-refractivity contribution in [1.82, 2.24) is 24.5 Å². The quantitative estimate of drug-likeness (QED) is 0.370. The molecule has 7 heteroatoms. The monoisotopic (exact) mass is 379 g/mol. The fourth-order valence-electron chi connectivity index (χ4n) is 3.25. The van der Waals surface area contributed by atoms with Crippen LogP contribution in [0.5, 0.6) is 0 Å². The van der Waals surface area contributed by atoms with Gasteiger partial charge in [0.05, 0.1) is 24.6 Å². The minimum Gasteiger partial charge on any atom is -0.311 e. The molecule has 0 fully saturated rings. The number of hydrogen-bond acceptors (Lipinski definition) is 6. The lowest BCUT2D eigenvalue weighted by molar-refractivity contribution is 0.813. The molecule has 140 valence electrons. The molecule has 5 rings (SSSR count). The summed E-state index contributed by atoms with van der Waals surface area (Å²) in [7, 11) is 0. The molecule has 0 radical (unpaired) electrons. The Kier molecular flexibility index (Phi) is 4.38. The maximum atomic E-state index is 4.48. The minimum absolute atomic E-state index is 0.566. The van der Waals surface area contributed by atoms with Gasteiger partial charge < -0.3 is 4.57 Å². The van der Waals surface area contributed by atoms with E-state index in [4.69, 9.17) is 0 Å². The van der Waals surface area contributed by atoms with E-state index in [-0.39, 0.29) is 0 Å². The predicted octanol–water partition coefficient (Wildman–Crippen LogP) is 3.87. The molecule has 0 unspecified atom stereocenters. The summed E-state index contributed by atoms with van der Waals surface area (Å²) in [5.74, 6) is 0.566. The second-order valence-corrected chi connectivity index (χ2v) is 6.54. The largest absolute Gasteiger partial charge is 0.311 e. The molecule has 7 nitrogen and oxygen atoms in total. The molecule has 0 bridgehead atoms. The van der Waals surface area contributed by atoms with Crippen LogP contribution in [0.1, 0.15) is 11.1 Å². The molecule has 0 aliphatic heterocycles. The number of imidazole rings is 1. The fourth-order valence-corrected chi connectivity index (χ4v) is 3.25. The highest BCUT2D eigenvalue weighted by atomic mass is 15.3. The first-order valence-corrected chi connectivity index (χ1v) is 9.21. The van der Waals surface area contributed by atoms with Gasteiger partial charge in [0, 0.05) is 17.1 Å². The normalized spacial score (nSPS) is 11.4. The molecule has 5 aromatic rings. The summed E-state index contributed by atoms with van der Waals surface area (Å²) in [5, 5.41) is 5.41. The standard InChI is InChI=1S/C22H17N7/c1-2-6-16(7-3-1)13-29-15-26-20-21(24-14-25-22(20)29)28-27-12-17-10-11-23-19-9-5-4-8-18(17)19/h1-12,14-15H,13H2,(H,24,25,28)/b27-12-. The Bertz CT molecular complexity index is 1300. The highest BCUT2D eigenvalue weighted by molar-refractivity contribution is 5.98. The SMILES string of the molecule is C(=N/Nc1ncnc2c1ncn2Cc1ccccc1)/c1ccnc2ccccc12. The van der Waals surface area contributed by atoms with Gasteiger partial charge in [0.2, 0.25) is 0 Å². The number of benzene rings is 2. The lowest BCUT2D eigenvalue weighted by Crippen LogP contribution is -2.01. The molecular weight excluding hydrogens is 362 g/mol. The molecule has 0 saturated heterocycles. The summed E-state index contributed by atoms with van der Waals surface area (Å²) in [4.78, 5) is 17.5. The lowest BCUT2D eigenvalue weighted by atomic mass is 10.1. The molecule has 0 atom stereocenters. The average Bonchev–Trinajstić information content (AvgIpc) is 3.18. The van der Waals surface area contributed by atoms with Crippen LogP contribution >= 0.6 is 0 Å². The molecule has 0 aliphatic rings. The van der Waals surface area contributed by atoms with Gasteiger partial charge in [-0.25, -0.2) is 15.0 Å². The molecular formula is C22H17N7. The number of rotatable bonds is 5. The third-order valence-corrected chi connectivity index (χ3v) is 4.65. The van der Waals surface area contributed by atoms with Crippen LogP contribution < -0.4 is 5.43 Å². The van der Waals surface area contributed by atoms with Gasteiger partial charge in [-0.05, 0) is 17.7 Å². The van der Waals surface area contributed by atoms with E-state index in [9.17, 15) is 0 Å². The number of hydrazone groups is 1. The van der Waals surface area contributed by atoms with Crippen LogP contribution in [0.15, 0.2) is 84.6 Å². The number of nitrogens with one attached hydrogen (secondary N) is 1. The van der Waals surface area contributed by atoms with Gasteiger partial charge in [0.1, 0.15) is 6.33 Å². The van der Waals surface area contributed by atoms with Crippen LogP contribution in [0.25, 0.3) is 22.1 Å². The van der Waals surface area contributed by atoms with Gasteiger partial charge in [-0.15, -0.1) is 0 Å². The van der Waals surface area contributed by atoms with E-state index in [1.807, 2.05) is 53.1 Å². The number of hydrogen-bond donors (Lipinski definition) is 1. The van der Waals surface area contributed by atoms with Crippen molar-refractivity contribution in [3.05, 3.63) is 90.6 Å². The Morgan fingerprint density at radius 2 is 1.76 bits per heavy atom. The van der Waals surface area contributed by atoms with Crippen LogP contribution in [0, 0.1) is 0 Å². The first-order chi connectivity index (χ1) is 14.4. The maximum Gasteiger partial charge on any atom is 0.177 e. The molecule has 0 spiro atoms. The molecule has 29 heavy (non-hydrogen) atoms. The predicted molar refractivity (Wildman–Crippen MR) is 114 cm³/mol. The van der Waals surface area contributed by atoms with Crippen molar-refractivity contribution in [1.29, 1.82) is 0 Å². The second kappa shape index (κ2) is 7.47. The molecule has 2 aromatic carbocycles. The van der Waals surface area contributed by atoms with Crippen molar-refractivity contribution < 1.29 is 0 Å². The van der Waals surface area contributed by atoms with Gasteiger partial charge in [-0.2, -0.15) is 5.10 Å². The molecule has 0 saturated carbocycles. The number of fused-ring (bicyclic) bond motifs is 2. The summed E-state index contributed by atoms with van der Waals surface area (Å²) in [6, 6.07) is 20.1. The van der Waals surface area contributed by atoms with Crippen LogP contribution in [0.3, 0.4) is 0 Å². The third kappa shape index (κ3) is 3.41. The van der Waals surface area contributed by atoms with Crippen molar-refractivity contribution in [3.8, 4) is 0 Å². The van der Waals surface area contributed by atoms with Crippen LogP contribution in [0.4, 0.5) is 5.82 Å². The van der Waals surface area contributed by atoms with Gasteiger partial charge >= 0.3 is 0 Å². The van der Waals surface area contributed by atoms with E-state index in [0.717, 1.165) is 22.1 Å². The fraction of sp³-hybridized carbons (Fsp3) is 0.0455. The number of anilines is 1. The Morgan fingerprint density at radius 1 is 0.897 bits per heavy atom. The van der Waals surface area contributed by atoms with E-state index < -0.39 is 0 Å². The van der Waals surface area contributed by atoms with Gasteiger partial charge in [-0.3, -0.25) is 10.4 Å². The number of aromatic nitrogens is 5. The van der Waals surface area contributed by atoms with Crippen LogP contribution in [-0.2, 0) is 6.54 Å². The summed E-state index contributed by atoms with van der Waals surface area (Å²) >= 11 is 0. The Morgan fingerprint density at radius 3 is 2.69 bits per heavy atom. The van der Waals surface area contributed by atoms with E-state index in [1.54, 1.807) is 18.7 Å². The smallest absolute Gasteiger partial charge is 0.177 e. The highest BCUT2D eigenvalue weighted by Gasteiger charge is 2.10. The van der Waals surface area contributed by atoms with Crippen molar-refractivity contribution in [2.24, 2.45) is 5.10 Å². The Hall–Kier alpha value is -4.13. The minimum atomic E-state index is 0.566. The van der Waals surface area contributed by atoms with E-state index >= 15 is 0 Å². The Balaban J connectivity index is 1.41. The zero-order valence-electron chi connectivity index (χ0n) is 15.5. The lowest BCUT2D eigenvalue weighted by Gasteiger charge is -2.04. The zero-order valence-corrected chi connectivity index (χ0v) is 15.5. The van der Waals surface area contributed by atoms with Gasteiger partial charge in [0.15, 0.2) is 17.0 Å². The highest BCUT2D eigenvalue weighted by Crippen LogP contribution is 2.19. The topological polar surface area (TPSA) is 80.9 Å². The molecule has 3 heterocycles. The van der Waals surface area contributed by atoms with E-state index in [0.29, 0.717) is 17.9 Å². The number of pyridine rings is 1. The van der Waals surface area contributed by atoms with Crippen molar-refractivity contribution in [2.75, 3.05) is 5.43 Å². The summed E-state index contributed by atoms with van der Waals surface area (Å²) in [6.07, 6.45) is 6.83. The summed E-state index contributed by atoms with van der Waals surface area (Å²) in [6.45, 7) is 0.695. The first kappa shape index (κ1) is 17.0. The maximum absolute atomic E-state index is 4.48. The van der Waals surface area contributed by atoms with Crippen molar-refractivity contribution in [2.45, 2.75) is 6.54 Å². The zero-order chi connectivity index (χ0) is 19.5. The first-order valence-electron chi connectivity index (χ1n) is 9.21. The van der Waals surface area contributed by atoms with E-state index in [1.165, 1.54) is 11.9 Å². The number of nitrogens with zero attached hydrogens (tertiary/aromatic N) is 6. The van der Waals surface area contributed by atoms with E-state index in [2.05, 4.69) is 42.6 Å². The molecule has 3 aromatic heterocycles.